The Morgan fingerprint density at radius 2 is 2.00 bits per heavy atom. The van der Waals surface area contributed by atoms with Crippen LogP contribution in [0, 0.1) is 11.8 Å². The standard InChI is InChI=1S/C29H36N4O4/c1-23(36-28-8-4-6-18-35-28)29-30-13-15-33(29)22-26-21-27(37-31-26)25-11-9-24(10-12-25)7-3-2-5-14-32-16-19-34-20-17-32/h9-13,15,21,23,28H,2,4-6,8,14,16-20,22H2,1H3/t23-,28?/m0/s1. The van der Waals surface area contributed by atoms with Gasteiger partial charge in [0.25, 0.3) is 0 Å². The normalized spacial score (nSPS) is 19.3. The van der Waals surface area contributed by atoms with E-state index in [4.69, 9.17) is 18.7 Å². The van der Waals surface area contributed by atoms with E-state index >= 15 is 0 Å². The van der Waals surface area contributed by atoms with Gasteiger partial charge in [-0.2, -0.15) is 0 Å². The Bertz CT molecular complexity index is 1160. The van der Waals surface area contributed by atoms with Crippen LogP contribution in [0.25, 0.3) is 11.3 Å². The van der Waals surface area contributed by atoms with Gasteiger partial charge in [-0.15, -0.1) is 0 Å². The van der Waals surface area contributed by atoms with Gasteiger partial charge in [-0.3, -0.25) is 4.90 Å². The molecule has 196 valence electrons. The fourth-order valence-corrected chi connectivity index (χ4v) is 4.72. The second-order valence-electron chi connectivity index (χ2n) is 9.61. The molecule has 0 spiro atoms. The molecule has 8 heteroatoms. The lowest BCUT2D eigenvalue weighted by molar-refractivity contribution is -0.188. The maximum absolute atomic E-state index is 6.10. The van der Waals surface area contributed by atoms with Crippen LogP contribution in [-0.2, 0) is 20.8 Å². The van der Waals surface area contributed by atoms with Crippen molar-refractivity contribution in [3.05, 3.63) is 59.8 Å². The smallest absolute Gasteiger partial charge is 0.167 e. The van der Waals surface area contributed by atoms with Gasteiger partial charge in [-0.25, -0.2) is 4.98 Å². The molecule has 0 N–H and O–H groups in total. The molecule has 0 amide bonds. The highest BCUT2D eigenvalue weighted by atomic mass is 16.7. The van der Waals surface area contributed by atoms with Gasteiger partial charge in [0, 0.05) is 55.7 Å². The number of imidazole rings is 1. The number of benzene rings is 1. The summed E-state index contributed by atoms with van der Waals surface area (Å²) < 4.78 is 24.9. The Morgan fingerprint density at radius 1 is 1.14 bits per heavy atom. The fourth-order valence-electron chi connectivity index (χ4n) is 4.72. The Kier molecular flexibility index (Phi) is 9.04. The maximum Gasteiger partial charge on any atom is 0.167 e. The molecule has 4 heterocycles. The SMILES string of the molecule is C[C@H](OC1CCCCO1)c1nccn1Cc1cc(-c2ccc(C#CCCCN3CCOCC3)cc2)on1. The summed E-state index contributed by atoms with van der Waals surface area (Å²) in [6, 6.07) is 10.1. The molecule has 0 bridgehead atoms. The highest BCUT2D eigenvalue weighted by molar-refractivity contribution is 5.59. The molecule has 2 saturated heterocycles. The second-order valence-corrected chi connectivity index (χ2v) is 9.61. The zero-order chi connectivity index (χ0) is 25.3. The van der Waals surface area contributed by atoms with E-state index in [1.807, 2.05) is 48.0 Å². The van der Waals surface area contributed by atoms with Crippen LogP contribution in [0.1, 0.15) is 62.2 Å². The number of nitrogens with zero attached hydrogens (tertiary/aromatic N) is 4. The third-order valence-corrected chi connectivity index (χ3v) is 6.78. The van der Waals surface area contributed by atoms with E-state index in [1.54, 1.807) is 6.20 Å². The van der Waals surface area contributed by atoms with Crippen LogP contribution >= 0.6 is 0 Å². The molecule has 8 nitrogen and oxygen atoms in total. The van der Waals surface area contributed by atoms with Crippen molar-refractivity contribution in [1.29, 1.82) is 0 Å². The Hall–Kier alpha value is -2.96. The summed E-state index contributed by atoms with van der Waals surface area (Å²) in [5.41, 5.74) is 2.82. The number of rotatable bonds is 9. The molecule has 2 atom stereocenters. The summed E-state index contributed by atoms with van der Waals surface area (Å²) in [6.45, 7) is 8.18. The summed E-state index contributed by atoms with van der Waals surface area (Å²) >= 11 is 0. The predicted molar refractivity (Wildman–Crippen MR) is 140 cm³/mol. The lowest BCUT2D eigenvalue weighted by atomic mass is 10.1. The topological polar surface area (TPSA) is 74.8 Å². The number of hydrogen-bond donors (Lipinski definition) is 0. The van der Waals surface area contributed by atoms with Gasteiger partial charge in [0.2, 0.25) is 0 Å². The molecule has 2 aromatic heterocycles. The Morgan fingerprint density at radius 3 is 2.81 bits per heavy atom. The molecule has 2 aliphatic heterocycles. The van der Waals surface area contributed by atoms with E-state index in [1.165, 1.54) is 0 Å². The van der Waals surface area contributed by atoms with Crippen molar-refractivity contribution < 1.29 is 18.7 Å². The van der Waals surface area contributed by atoms with E-state index in [9.17, 15) is 0 Å². The first-order chi connectivity index (χ1) is 18.2. The van der Waals surface area contributed by atoms with Gasteiger partial charge in [-0.1, -0.05) is 17.0 Å². The van der Waals surface area contributed by atoms with Crippen molar-refractivity contribution in [2.75, 3.05) is 39.5 Å². The van der Waals surface area contributed by atoms with Gasteiger partial charge < -0.3 is 23.3 Å². The number of unbranched alkanes of at least 4 members (excludes halogenated alkanes) is 1. The van der Waals surface area contributed by atoms with E-state index in [0.29, 0.717) is 6.54 Å². The highest BCUT2D eigenvalue weighted by Gasteiger charge is 2.21. The van der Waals surface area contributed by atoms with Gasteiger partial charge in [0.05, 0.1) is 19.8 Å². The van der Waals surface area contributed by atoms with Crippen LogP contribution in [0.3, 0.4) is 0 Å². The largest absolute Gasteiger partial charge is 0.379 e. The van der Waals surface area contributed by atoms with E-state index < -0.39 is 0 Å². The molecule has 5 rings (SSSR count). The number of hydrogen-bond acceptors (Lipinski definition) is 7. The van der Waals surface area contributed by atoms with E-state index in [2.05, 4.69) is 26.9 Å². The molecule has 3 aromatic rings. The molecular weight excluding hydrogens is 468 g/mol. The van der Waals surface area contributed by atoms with Gasteiger partial charge in [-0.05, 0) is 63.4 Å². The zero-order valence-corrected chi connectivity index (χ0v) is 21.6. The average Bonchev–Trinajstić information content (AvgIpc) is 3.60. The van der Waals surface area contributed by atoms with Crippen molar-refractivity contribution >= 4 is 0 Å². The fraction of sp³-hybridized carbons (Fsp3) is 0.517. The molecule has 0 aliphatic carbocycles. The number of ether oxygens (including phenoxy) is 3. The monoisotopic (exact) mass is 504 g/mol. The Balaban J connectivity index is 1.12. The summed E-state index contributed by atoms with van der Waals surface area (Å²) in [5, 5.41) is 4.29. The summed E-state index contributed by atoms with van der Waals surface area (Å²) in [4.78, 5) is 6.96. The summed E-state index contributed by atoms with van der Waals surface area (Å²) in [5.74, 6) is 8.16. The van der Waals surface area contributed by atoms with Crippen LogP contribution in [0.5, 0.6) is 0 Å². The van der Waals surface area contributed by atoms with Crippen molar-refractivity contribution in [1.82, 2.24) is 19.6 Å². The van der Waals surface area contributed by atoms with E-state index in [0.717, 1.165) is 100.0 Å². The first kappa shape index (κ1) is 25.7. The zero-order valence-electron chi connectivity index (χ0n) is 21.6. The van der Waals surface area contributed by atoms with Crippen molar-refractivity contribution in [2.45, 2.75) is 58.0 Å². The number of aromatic nitrogens is 3. The first-order valence-corrected chi connectivity index (χ1v) is 13.4. The molecular formula is C29H36N4O4. The van der Waals surface area contributed by atoms with Crippen LogP contribution < -0.4 is 0 Å². The van der Waals surface area contributed by atoms with Crippen LogP contribution in [0.4, 0.5) is 0 Å². The molecule has 2 aliphatic rings. The van der Waals surface area contributed by atoms with E-state index in [-0.39, 0.29) is 12.4 Å². The van der Waals surface area contributed by atoms with Crippen LogP contribution in [0.15, 0.2) is 47.2 Å². The molecule has 37 heavy (non-hydrogen) atoms. The van der Waals surface area contributed by atoms with Gasteiger partial charge in [0.15, 0.2) is 12.1 Å². The average molecular weight is 505 g/mol. The lowest BCUT2D eigenvalue weighted by Crippen LogP contribution is -2.36. The third-order valence-electron chi connectivity index (χ3n) is 6.78. The van der Waals surface area contributed by atoms with Gasteiger partial charge >= 0.3 is 0 Å². The minimum absolute atomic E-state index is 0.157. The molecule has 0 saturated carbocycles. The molecule has 1 unspecified atom stereocenters. The van der Waals surface area contributed by atoms with Crippen molar-refractivity contribution in [2.24, 2.45) is 0 Å². The summed E-state index contributed by atoms with van der Waals surface area (Å²) in [6.07, 6.45) is 8.56. The van der Waals surface area contributed by atoms with Crippen molar-refractivity contribution in [3.63, 3.8) is 0 Å². The van der Waals surface area contributed by atoms with Crippen LogP contribution in [-0.4, -0.2) is 65.4 Å². The highest BCUT2D eigenvalue weighted by Crippen LogP contribution is 2.25. The molecule has 1 aromatic carbocycles. The quantitative estimate of drug-likeness (QED) is 0.310. The first-order valence-electron chi connectivity index (χ1n) is 13.4. The molecule has 0 radical (unpaired) electrons. The number of morpholine rings is 1. The lowest BCUT2D eigenvalue weighted by Gasteiger charge is -2.26. The molecule has 2 fully saturated rings. The second kappa shape index (κ2) is 13.0. The Labute approximate surface area is 218 Å². The minimum atomic E-state index is -0.169. The van der Waals surface area contributed by atoms with Gasteiger partial charge in [0.1, 0.15) is 17.6 Å². The minimum Gasteiger partial charge on any atom is -0.379 e. The third kappa shape index (κ3) is 7.30. The maximum atomic E-state index is 6.10. The summed E-state index contributed by atoms with van der Waals surface area (Å²) in [7, 11) is 0. The van der Waals surface area contributed by atoms with Crippen LogP contribution in [0.2, 0.25) is 0 Å². The van der Waals surface area contributed by atoms with Crippen molar-refractivity contribution in [3.8, 4) is 23.2 Å². The predicted octanol–water partition coefficient (Wildman–Crippen LogP) is 4.65.